The lowest BCUT2D eigenvalue weighted by Crippen LogP contribution is -2.04. The number of hydrogen-bond donors (Lipinski definition) is 2. The van der Waals surface area contributed by atoms with Crippen molar-refractivity contribution in [3.05, 3.63) is 24.5 Å². The Balaban J connectivity index is 2.38. The maximum absolute atomic E-state index is 5.35. The van der Waals surface area contributed by atoms with Crippen molar-refractivity contribution < 1.29 is 14.2 Å². The van der Waals surface area contributed by atoms with E-state index in [0.717, 1.165) is 5.69 Å². The zero-order chi connectivity index (χ0) is 15.2. The molecular weight excluding hydrogens is 272 g/mol. The molecule has 0 unspecified atom stereocenters. The van der Waals surface area contributed by atoms with Gasteiger partial charge in [-0.1, -0.05) is 0 Å². The number of nitrogens with zero attached hydrogens (tertiary/aromatic N) is 2. The van der Waals surface area contributed by atoms with Crippen LogP contribution in [0.2, 0.25) is 0 Å². The Morgan fingerprint density at radius 2 is 1.71 bits per heavy atom. The normalized spacial score (nSPS) is 9.90. The zero-order valence-corrected chi connectivity index (χ0v) is 12.4. The van der Waals surface area contributed by atoms with Gasteiger partial charge in [0.2, 0.25) is 5.75 Å². The molecule has 0 bridgehead atoms. The monoisotopic (exact) mass is 290 g/mol. The van der Waals surface area contributed by atoms with Crippen LogP contribution in [0, 0.1) is 0 Å². The summed E-state index contributed by atoms with van der Waals surface area (Å²) in [4.78, 5) is 8.30. The quantitative estimate of drug-likeness (QED) is 0.845. The van der Waals surface area contributed by atoms with Crippen LogP contribution in [0.1, 0.15) is 0 Å². The van der Waals surface area contributed by atoms with Crippen molar-refractivity contribution in [2.45, 2.75) is 0 Å². The fourth-order valence-corrected chi connectivity index (χ4v) is 1.86. The van der Waals surface area contributed by atoms with Crippen molar-refractivity contribution in [1.82, 2.24) is 9.97 Å². The van der Waals surface area contributed by atoms with Gasteiger partial charge < -0.3 is 24.8 Å². The van der Waals surface area contributed by atoms with Crippen molar-refractivity contribution in [2.24, 2.45) is 0 Å². The molecule has 0 spiro atoms. The molecule has 0 aliphatic carbocycles. The lowest BCUT2D eigenvalue weighted by atomic mass is 10.2. The van der Waals surface area contributed by atoms with E-state index in [2.05, 4.69) is 20.6 Å². The summed E-state index contributed by atoms with van der Waals surface area (Å²) in [7, 11) is 6.53. The maximum atomic E-state index is 5.35. The van der Waals surface area contributed by atoms with Gasteiger partial charge in [0.15, 0.2) is 11.6 Å². The molecule has 0 radical (unpaired) electrons. The molecular formula is C14H18N4O3. The number of anilines is 3. The van der Waals surface area contributed by atoms with Gasteiger partial charge in [-0.05, 0) is 12.1 Å². The summed E-state index contributed by atoms with van der Waals surface area (Å²) in [5.74, 6) is 3.02. The van der Waals surface area contributed by atoms with Gasteiger partial charge in [0.1, 0.15) is 17.8 Å². The van der Waals surface area contributed by atoms with Gasteiger partial charge in [-0.25, -0.2) is 9.97 Å². The fraction of sp³-hybridized carbons (Fsp3) is 0.286. The van der Waals surface area contributed by atoms with Gasteiger partial charge in [-0.2, -0.15) is 0 Å². The summed E-state index contributed by atoms with van der Waals surface area (Å²) < 4.78 is 15.9. The second-order valence-corrected chi connectivity index (χ2v) is 4.05. The molecule has 0 saturated heterocycles. The van der Waals surface area contributed by atoms with Crippen molar-refractivity contribution in [1.29, 1.82) is 0 Å². The molecule has 2 rings (SSSR count). The summed E-state index contributed by atoms with van der Waals surface area (Å²) >= 11 is 0. The summed E-state index contributed by atoms with van der Waals surface area (Å²) in [5, 5.41) is 6.12. The van der Waals surface area contributed by atoms with E-state index in [1.807, 2.05) is 12.1 Å². The molecule has 0 fully saturated rings. The minimum atomic E-state index is 0.526. The largest absolute Gasteiger partial charge is 0.497 e. The average molecular weight is 290 g/mol. The smallest absolute Gasteiger partial charge is 0.204 e. The Morgan fingerprint density at radius 3 is 2.33 bits per heavy atom. The molecule has 2 N–H and O–H groups in total. The molecule has 0 saturated carbocycles. The molecule has 21 heavy (non-hydrogen) atoms. The van der Waals surface area contributed by atoms with Crippen LogP contribution in [0.4, 0.5) is 17.3 Å². The third-order valence-electron chi connectivity index (χ3n) is 2.91. The number of methoxy groups -OCH3 is 3. The third-order valence-corrected chi connectivity index (χ3v) is 2.91. The van der Waals surface area contributed by atoms with Crippen LogP contribution < -0.4 is 24.8 Å². The van der Waals surface area contributed by atoms with Crippen LogP contribution >= 0.6 is 0 Å². The number of hydrogen-bond acceptors (Lipinski definition) is 7. The molecule has 0 aliphatic rings. The highest BCUT2D eigenvalue weighted by molar-refractivity contribution is 5.72. The fourth-order valence-electron chi connectivity index (χ4n) is 1.86. The first kappa shape index (κ1) is 14.7. The predicted molar refractivity (Wildman–Crippen MR) is 81.0 cm³/mol. The maximum Gasteiger partial charge on any atom is 0.204 e. The third kappa shape index (κ3) is 3.07. The zero-order valence-electron chi connectivity index (χ0n) is 12.4. The SMILES string of the molecule is CNc1ncnc(Nc2ccc(OC)cc2OC)c1OC. The summed E-state index contributed by atoms with van der Waals surface area (Å²) in [5.41, 5.74) is 0.748. The highest BCUT2D eigenvalue weighted by Gasteiger charge is 2.13. The van der Waals surface area contributed by atoms with E-state index < -0.39 is 0 Å². The molecule has 0 amide bonds. The number of rotatable bonds is 6. The highest BCUT2D eigenvalue weighted by Crippen LogP contribution is 2.35. The van der Waals surface area contributed by atoms with E-state index in [4.69, 9.17) is 14.2 Å². The van der Waals surface area contributed by atoms with Gasteiger partial charge in [-0.15, -0.1) is 0 Å². The van der Waals surface area contributed by atoms with Crippen LogP contribution in [0.3, 0.4) is 0 Å². The first-order chi connectivity index (χ1) is 10.2. The van der Waals surface area contributed by atoms with Gasteiger partial charge in [0, 0.05) is 13.1 Å². The Bertz CT molecular complexity index is 619. The molecule has 7 nitrogen and oxygen atoms in total. The van der Waals surface area contributed by atoms with Crippen molar-refractivity contribution >= 4 is 17.3 Å². The first-order valence-corrected chi connectivity index (χ1v) is 6.29. The van der Waals surface area contributed by atoms with E-state index in [-0.39, 0.29) is 0 Å². The molecule has 112 valence electrons. The minimum absolute atomic E-state index is 0.526. The lowest BCUT2D eigenvalue weighted by molar-refractivity contribution is 0.395. The Morgan fingerprint density at radius 1 is 0.952 bits per heavy atom. The molecule has 1 aromatic heterocycles. The van der Waals surface area contributed by atoms with Crippen LogP contribution in [-0.4, -0.2) is 38.3 Å². The van der Waals surface area contributed by atoms with Gasteiger partial charge in [0.25, 0.3) is 0 Å². The molecule has 2 aromatic rings. The van der Waals surface area contributed by atoms with Crippen molar-refractivity contribution in [3.63, 3.8) is 0 Å². The number of benzene rings is 1. The van der Waals surface area contributed by atoms with E-state index in [1.54, 1.807) is 34.4 Å². The van der Waals surface area contributed by atoms with Crippen LogP contribution in [-0.2, 0) is 0 Å². The Hall–Kier alpha value is -2.70. The minimum Gasteiger partial charge on any atom is -0.497 e. The van der Waals surface area contributed by atoms with Crippen LogP contribution in [0.25, 0.3) is 0 Å². The molecule has 7 heteroatoms. The standard InChI is InChI=1S/C14H18N4O3/c1-15-13-12(21-4)14(17-8-16-13)18-10-6-5-9(19-2)7-11(10)20-3/h5-8H,1-4H3,(H2,15,16,17,18). The number of nitrogens with one attached hydrogen (secondary N) is 2. The Kier molecular flexibility index (Phi) is 4.65. The van der Waals surface area contributed by atoms with E-state index in [1.165, 1.54) is 6.33 Å². The molecule has 1 aromatic carbocycles. The van der Waals surface area contributed by atoms with E-state index in [0.29, 0.717) is 28.9 Å². The predicted octanol–water partition coefficient (Wildman–Crippen LogP) is 2.29. The van der Waals surface area contributed by atoms with Gasteiger partial charge >= 0.3 is 0 Å². The summed E-state index contributed by atoms with van der Waals surface area (Å²) in [6, 6.07) is 5.46. The van der Waals surface area contributed by atoms with E-state index >= 15 is 0 Å². The van der Waals surface area contributed by atoms with Crippen molar-refractivity contribution in [3.8, 4) is 17.2 Å². The van der Waals surface area contributed by atoms with Gasteiger partial charge in [0.05, 0.1) is 27.0 Å². The van der Waals surface area contributed by atoms with E-state index in [9.17, 15) is 0 Å². The summed E-state index contributed by atoms with van der Waals surface area (Å²) in [6.07, 6.45) is 1.45. The lowest BCUT2D eigenvalue weighted by Gasteiger charge is -2.15. The molecule has 1 heterocycles. The van der Waals surface area contributed by atoms with Crippen molar-refractivity contribution in [2.75, 3.05) is 39.0 Å². The Labute approximate surface area is 123 Å². The second kappa shape index (κ2) is 6.65. The molecule has 0 aliphatic heterocycles. The second-order valence-electron chi connectivity index (χ2n) is 4.05. The topological polar surface area (TPSA) is 77.5 Å². The number of aromatic nitrogens is 2. The highest BCUT2D eigenvalue weighted by atomic mass is 16.5. The number of ether oxygens (including phenoxy) is 3. The molecule has 0 atom stereocenters. The first-order valence-electron chi connectivity index (χ1n) is 6.29. The average Bonchev–Trinajstić information content (AvgIpc) is 2.54. The van der Waals surface area contributed by atoms with Crippen LogP contribution in [0.15, 0.2) is 24.5 Å². The van der Waals surface area contributed by atoms with Gasteiger partial charge in [-0.3, -0.25) is 0 Å². The summed E-state index contributed by atoms with van der Waals surface area (Å²) in [6.45, 7) is 0. The van der Waals surface area contributed by atoms with Crippen LogP contribution in [0.5, 0.6) is 17.2 Å².